The Kier molecular flexibility index (Phi) is 5.88. The Morgan fingerprint density at radius 3 is 2.65 bits per heavy atom. The molecule has 0 radical (unpaired) electrons. The van der Waals surface area contributed by atoms with Crippen LogP contribution in [0.4, 0.5) is 5.13 Å². The average Bonchev–Trinajstić information content (AvgIpc) is 2.72. The quantitative estimate of drug-likeness (QED) is 0.815. The molecule has 17 heavy (non-hydrogen) atoms. The molecule has 1 aromatic heterocycles. The fourth-order valence-corrected chi connectivity index (χ4v) is 2.41. The maximum absolute atomic E-state index is 9.50. The predicted molar refractivity (Wildman–Crippen MR) is 71.7 cm³/mol. The summed E-state index contributed by atoms with van der Waals surface area (Å²) in [5.41, 5.74) is 0. The van der Waals surface area contributed by atoms with Gasteiger partial charge in [-0.2, -0.15) is 0 Å². The first-order valence-electron chi connectivity index (χ1n) is 5.92. The molecule has 0 saturated heterocycles. The highest BCUT2D eigenvalue weighted by Crippen LogP contribution is 2.27. The van der Waals surface area contributed by atoms with Gasteiger partial charge in [0.2, 0.25) is 0 Å². The summed E-state index contributed by atoms with van der Waals surface area (Å²) in [4.78, 5) is 7.49. The van der Waals surface area contributed by atoms with Gasteiger partial charge in [0.15, 0.2) is 5.13 Å². The highest BCUT2D eigenvalue weighted by molar-refractivity contribution is 7.15. The monoisotopic (exact) mass is 258 g/mol. The molecule has 1 N–H and O–H groups in total. The molecular formula is C12H22N2O2S. The summed E-state index contributed by atoms with van der Waals surface area (Å²) >= 11 is 1.55. The Hall–Kier alpha value is -0.650. The van der Waals surface area contributed by atoms with Crippen molar-refractivity contribution in [2.75, 3.05) is 31.7 Å². The molecule has 0 aromatic carbocycles. The molecule has 0 spiro atoms. The van der Waals surface area contributed by atoms with Crippen LogP contribution in [0.5, 0.6) is 0 Å². The molecule has 0 aliphatic rings. The lowest BCUT2D eigenvalue weighted by Crippen LogP contribution is -2.30. The van der Waals surface area contributed by atoms with Crippen molar-refractivity contribution in [1.29, 1.82) is 0 Å². The Bertz CT molecular complexity index is 326. The number of ether oxygens (including phenoxy) is 1. The molecule has 5 heteroatoms. The molecule has 98 valence electrons. The van der Waals surface area contributed by atoms with Gasteiger partial charge in [-0.3, -0.25) is 0 Å². The molecule has 1 aromatic rings. The van der Waals surface area contributed by atoms with E-state index < -0.39 is 6.10 Å². The first kappa shape index (κ1) is 14.4. The van der Waals surface area contributed by atoms with Gasteiger partial charge < -0.3 is 14.7 Å². The van der Waals surface area contributed by atoms with Gasteiger partial charge in [-0.15, -0.1) is 0 Å². The summed E-state index contributed by atoms with van der Waals surface area (Å²) in [6, 6.07) is 0. The van der Waals surface area contributed by atoms with Crippen molar-refractivity contribution in [3.8, 4) is 0 Å². The average molecular weight is 258 g/mol. The molecule has 1 heterocycles. The molecule has 0 amide bonds. The van der Waals surface area contributed by atoms with Gasteiger partial charge in [0, 0.05) is 26.4 Å². The summed E-state index contributed by atoms with van der Waals surface area (Å²) in [6.07, 6.45) is 1.31. The topological polar surface area (TPSA) is 45.6 Å². The van der Waals surface area contributed by atoms with Crippen molar-refractivity contribution in [3.05, 3.63) is 11.1 Å². The van der Waals surface area contributed by atoms with Crippen molar-refractivity contribution >= 4 is 16.5 Å². The van der Waals surface area contributed by atoms with Crippen LogP contribution in [0.2, 0.25) is 0 Å². The second-order valence-electron chi connectivity index (χ2n) is 4.55. The second-order valence-corrected chi connectivity index (χ2v) is 5.59. The molecule has 0 aliphatic carbocycles. The van der Waals surface area contributed by atoms with Crippen LogP contribution in [-0.4, -0.2) is 36.9 Å². The van der Waals surface area contributed by atoms with Gasteiger partial charge in [0.05, 0.1) is 17.6 Å². The zero-order chi connectivity index (χ0) is 12.8. The SMILES string of the molecule is COCCN(CC(C)C)c1ncc(C(C)O)s1. The lowest BCUT2D eigenvalue weighted by Gasteiger charge is -2.23. The fourth-order valence-electron chi connectivity index (χ4n) is 1.52. The van der Waals surface area contributed by atoms with E-state index in [0.29, 0.717) is 12.5 Å². The van der Waals surface area contributed by atoms with E-state index in [-0.39, 0.29) is 0 Å². The third kappa shape index (κ3) is 4.61. The van der Waals surface area contributed by atoms with E-state index in [2.05, 4.69) is 23.7 Å². The number of aliphatic hydroxyl groups is 1. The maximum atomic E-state index is 9.50. The van der Waals surface area contributed by atoms with Crippen LogP contribution in [0, 0.1) is 5.92 Å². The zero-order valence-electron chi connectivity index (χ0n) is 11.0. The minimum atomic E-state index is -0.440. The Balaban J connectivity index is 2.72. The number of aliphatic hydroxyl groups excluding tert-OH is 1. The molecule has 1 atom stereocenters. The molecule has 1 unspecified atom stereocenters. The van der Waals surface area contributed by atoms with E-state index in [0.717, 1.165) is 23.1 Å². The summed E-state index contributed by atoms with van der Waals surface area (Å²) in [7, 11) is 1.70. The van der Waals surface area contributed by atoms with E-state index in [1.54, 1.807) is 31.6 Å². The normalized spacial score (nSPS) is 13.1. The minimum Gasteiger partial charge on any atom is -0.388 e. The van der Waals surface area contributed by atoms with Crippen molar-refractivity contribution in [1.82, 2.24) is 4.98 Å². The van der Waals surface area contributed by atoms with Gasteiger partial charge in [-0.25, -0.2) is 4.98 Å². The Morgan fingerprint density at radius 2 is 2.18 bits per heavy atom. The van der Waals surface area contributed by atoms with Crippen molar-refractivity contribution < 1.29 is 9.84 Å². The lowest BCUT2D eigenvalue weighted by molar-refractivity contribution is 0.203. The van der Waals surface area contributed by atoms with Crippen molar-refractivity contribution in [2.45, 2.75) is 26.9 Å². The van der Waals surface area contributed by atoms with Crippen LogP contribution in [-0.2, 0) is 4.74 Å². The largest absolute Gasteiger partial charge is 0.388 e. The van der Waals surface area contributed by atoms with E-state index in [4.69, 9.17) is 4.74 Å². The van der Waals surface area contributed by atoms with Crippen LogP contribution in [0.25, 0.3) is 0 Å². The first-order valence-corrected chi connectivity index (χ1v) is 6.74. The second kappa shape index (κ2) is 6.93. The summed E-state index contributed by atoms with van der Waals surface area (Å²) in [6.45, 7) is 8.61. The first-order chi connectivity index (χ1) is 8.04. The zero-order valence-corrected chi connectivity index (χ0v) is 11.8. The number of hydrogen-bond donors (Lipinski definition) is 1. The van der Waals surface area contributed by atoms with Crippen LogP contribution in [0.15, 0.2) is 6.20 Å². The standard InChI is InChI=1S/C12H22N2O2S/c1-9(2)8-14(5-6-16-4)12-13-7-11(17-12)10(3)15/h7,9-10,15H,5-6,8H2,1-4H3. The number of anilines is 1. The smallest absolute Gasteiger partial charge is 0.185 e. The van der Waals surface area contributed by atoms with Gasteiger partial charge in [0.25, 0.3) is 0 Å². The molecular weight excluding hydrogens is 236 g/mol. The summed E-state index contributed by atoms with van der Waals surface area (Å²) < 4.78 is 5.12. The molecule has 1 rings (SSSR count). The highest BCUT2D eigenvalue weighted by Gasteiger charge is 2.14. The van der Waals surface area contributed by atoms with E-state index in [9.17, 15) is 5.11 Å². The van der Waals surface area contributed by atoms with Crippen molar-refractivity contribution in [2.24, 2.45) is 5.92 Å². The van der Waals surface area contributed by atoms with Gasteiger partial charge in [-0.05, 0) is 12.8 Å². The van der Waals surface area contributed by atoms with Crippen LogP contribution < -0.4 is 4.90 Å². The minimum absolute atomic E-state index is 0.440. The van der Waals surface area contributed by atoms with Gasteiger partial charge >= 0.3 is 0 Å². The Labute approximate surface area is 107 Å². The number of aromatic nitrogens is 1. The maximum Gasteiger partial charge on any atom is 0.185 e. The molecule has 0 bridgehead atoms. The van der Waals surface area contributed by atoms with E-state index in [1.807, 2.05) is 0 Å². The molecule has 0 fully saturated rings. The van der Waals surface area contributed by atoms with E-state index >= 15 is 0 Å². The fraction of sp³-hybridized carbons (Fsp3) is 0.750. The number of rotatable bonds is 7. The molecule has 0 aliphatic heterocycles. The predicted octanol–water partition coefficient (Wildman–Crippen LogP) is 2.31. The number of nitrogens with zero attached hydrogens (tertiary/aromatic N) is 2. The third-order valence-corrected chi connectivity index (χ3v) is 3.57. The molecule has 4 nitrogen and oxygen atoms in total. The lowest BCUT2D eigenvalue weighted by atomic mass is 10.2. The van der Waals surface area contributed by atoms with E-state index in [1.165, 1.54) is 0 Å². The third-order valence-electron chi connectivity index (χ3n) is 2.34. The summed E-state index contributed by atoms with van der Waals surface area (Å²) in [5.74, 6) is 0.575. The van der Waals surface area contributed by atoms with Gasteiger partial charge in [-0.1, -0.05) is 25.2 Å². The Morgan fingerprint density at radius 1 is 1.47 bits per heavy atom. The van der Waals surface area contributed by atoms with Crippen LogP contribution >= 0.6 is 11.3 Å². The van der Waals surface area contributed by atoms with Crippen molar-refractivity contribution in [3.63, 3.8) is 0 Å². The number of hydrogen-bond acceptors (Lipinski definition) is 5. The molecule has 0 saturated carbocycles. The number of methoxy groups -OCH3 is 1. The number of thiazole rings is 1. The van der Waals surface area contributed by atoms with Gasteiger partial charge in [0.1, 0.15) is 0 Å². The van der Waals surface area contributed by atoms with Crippen LogP contribution in [0.3, 0.4) is 0 Å². The summed E-state index contributed by atoms with van der Waals surface area (Å²) in [5, 5.41) is 10.5. The highest BCUT2D eigenvalue weighted by atomic mass is 32.1. The van der Waals surface area contributed by atoms with Crippen LogP contribution in [0.1, 0.15) is 31.8 Å².